The topological polar surface area (TPSA) is 68.2 Å². The van der Waals surface area contributed by atoms with Crippen LogP contribution in [-0.4, -0.2) is 27.2 Å². The molecule has 2 aromatic heterocycles. The predicted octanol–water partition coefficient (Wildman–Crippen LogP) is 1.51. The summed E-state index contributed by atoms with van der Waals surface area (Å²) in [4.78, 5) is 4.37. The zero-order valence-corrected chi connectivity index (χ0v) is 10.3. The molecule has 2 aromatic rings. The number of nitrogens with two attached hydrogens (primary N) is 1. The van der Waals surface area contributed by atoms with E-state index >= 15 is 0 Å². The van der Waals surface area contributed by atoms with Gasteiger partial charge in [-0.15, -0.1) is 0 Å². The Kier molecular flexibility index (Phi) is 3.58. The Hall–Kier alpha value is -1.62. The minimum absolute atomic E-state index is 0.341. The van der Waals surface area contributed by atoms with Crippen molar-refractivity contribution in [3.8, 4) is 0 Å². The van der Waals surface area contributed by atoms with Crippen molar-refractivity contribution in [2.45, 2.75) is 26.3 Å². The first kappa shape index (κ1) is 11.9. The fraction of sp³-hybridized carbons (Fsp3) is 0.500. The molecule has 2 rings (SSSR count). The molecule has 0 spiro atoms. The summed E-state index contributed by atoms with van der Waals surface area (Å²) in [5, 5.41) is 7.65. The van der Waals surface area contributed by atoms with Crippen molar-refractivity contribution in [1.82, 2.24) is 14.6 Å². The van der Waals surface area contributed by atoms with Gasteiger partial charge >= 0.3 is 0 Å². The summed E-state index contributed by atoms with van der Waals surface area (Å²) in [5.41, 5.74) is 6.63. The first-order valence-electron chi connectivity index (χ1n) is 5.97. The maximum Gasteiger partial charge on any atom is 0.152 e. The fourth-order valence-corrected chi connectivity index (χ4v) is 1.90. The highest BCUT2D eigenvalue weighted by Gasteiger charge is 2.14. The second-order valence-electron chi connectivity index (χ2n) is 4.51. The van der Waals surface area contributed by atoms with Crippen molar-refractivity contribution in [3.05, 3.63) is 24.7 Å². The molecule has 2 heterocycles. The third-order valence-electron chi connectivity index (χ3n) is 2.93. The average Bonchev–Trinajstić information content (AvgIpc) is 2.77. The normalized spacial score (nSPS) is 13.2. The molecule has 0 saturated carbocycles. The minimum Gasteiger partial charge on any atom is -0.365 e. The van der Waals surface area contributed by atoms with Gasteiger partial charge in [-0.1, -0.05) is 13.8 Å². The molecule has 0 bridgehead atoms. The molecule has 0 aliphatic carbocycles. The SMILES string of the molecule is CC(C)C(CCN)Nc1nccn2nccc12. The van der Waals surface area contributed by atoms with Gasteiger partial charge in [-0.25, -0.2) is 9.50 Å². The van der Waals surface area contributed by atoms with Crippen LogP contribution in [-0.2, 0) is 0 Å². The molecular weight excluding hydrogens is 214 g/mol. The van der Waals surface area contributed by atoms with Crippen LogP contribution in [0.4, 0.5) is 5.82 Å². The number of anilines is 1. The summed E-state index contributed by atoms with van der Waals surface area (Å²) in [6, 6.07) is 2.29. The van der Waals surface area contributed by atoms with E-state index in [1.54, 1.807) is 12.4 Å². The molecule has 0 aliphatic rings. The van der Waals surface area contributed by atoms with Crippen LogP contribution in [0.1, 0.15) is 20.3 Å². The summed E-state index contributed by atoms with van der Waals surface area (Å²) < 4.78 is 1.81. The van der Waals surface area contributed by atoms with E-state index in [4.69, 9.17) is 5.73 Å². The average molecular weight is 233 g/mol. The molecule has 5 nitrogen and oxygen atoms in total. The Morgan fingerprint density at radius 3 is 2.94 bits per heavy atom. The number of hydrogen-bond donors (Lipinski definition) is 2. The van der Waals surface area contributed by atoms with Crippen LogP contribution in [0.5, 0.6) is 0 Å². The van der Waals surface area contributed by atoms with Gasteiger partial charge in [-0.05, 0) is 24.9 Å². The van der Waals surface area contributed by atoms with Crippen LogP contribution >= 0.6 is 0 Å². The van der Waals surface area contributed by atoms with Crippen molar-refractivity contribution in [2.24, 2.45) is 11.7 Å². The van der Waals surface area contributed by atoms with Gasteiger partial charge in [0.1, 0.15) is 5.52 Å². The Labute approximate surface area is 101 Å². The van der Waals surface area contributed by atoms with Gasteiger partial charge in [-0.3, -0.25) is 0 Å². The third-order valence-corrected chi connectivity index (χ3v) is 2.93. The molecule has 0 aromatic carbocycles. The largest absolute Gasteiger partial charge is 0.365 e. The van der Waals surface area contributed by atoms with E-state index in [9.17, 15) is 0 Å². The zero-order valence-electron chi connectivity index (χ0n) is 10.3. The van der Waals surface area contributed by atoms with E-state index in [1.807, 2.05) is 16.8 Å². The lowest BCUT2D eigenvalue weighted by Crippen LogP contribution is -2.29. The van der Waals surface area contributed by atoms with Crippen molar-refractivity contribution < 1.29 is 0 Å². The highest BCUT2D eigenvalue weighted by molar-refractivity contribution is 5.67. The molecule has 0 aliphatic heterocycles. The molecule has 1 atom stereocenters. The van der Waals surface area contributed by atoms with E-state index in [0.717, 1.165) is 17.8 Å². The highest BCUT2D eigenvalue weighted by Crippen LogP contribution is 2.17. The maximum absolute atomic E-state index is 5.64. The molecule has 0 saturated heterocycles. The second kappa shape index (κ2) is 5.14. The van der Waals surface area contributed by atoms with Crippen molar-refractivity contribution >= 4 is 11.3 Å². The Bertz CT molecular complexity index is 476. The summed E-state index contributed by atoms with van der Waals surface area (Å²) in [7, 11) is 0. The second-order valence-corrected chi connectivity index (χ2v) is 4.51. The molecule has 0 amide bonds. The maximum atomic E-state index is 5.64. The van der Waals surface area contributed by atoms with Crippen LogP contribution in [0.15, 0.2) is 24.7 Å². The monoisotopic (exact) mass is 233 g/mol. The molecule has 5 heteroatoms. The van der Waals surface area contributed by atoms with Crippen molar-refractivity contribution in [1.29, 1.82) is 0 Å². The fourth-order valence-electron chi connectivity index (χ4n) is 1.90. The van der Waals surface area contributed by atoms with Gasteiger partial charge in [-0.2, -0.15) is 5.10 Å². The first-order valence-corrected chi connectivity index (χ1v) is 5.97. The Balaban J connectivity index is 2.24. The molecule has 0 radical (unpaired) electrons. The van der Waals surface area contributed by atoms with Gasteiger partial charge in [0.2, 0.25) is 0 Å². The van der Waals surface area contributed by atoms with E-state index in [1.165, 1.54) is 0 Å². The third kappa shape index (κ3) is 2.55. The predicted molar refractivity (Wildman–Crippen MR) is 68.9 cm³/mol. The first-order chi connectivity index (χ1) is 8.22. The molecule has 3 N–H and O–H groups in total. The summed E-state index contributed by atoms with van der Waals surface area (Å²) in [6.07, 6.45) is 6.31. The summed E-state index contributed by atoms with van der Waals surface area (Å²) in [6.45, 7) is 5.05. The summed E-state index contributed by atoms with van der Waals surface area (Å²) in [5.74, 6) is 1.39. The van der Waals surface area contributed by atoms with Crippen LogP contribution in [0.3, 0.4) is 0 Å². The lowest BCUT2D eigenvalue weighted by Gasteiger charge is -2.22. The van der Waals surface area contributed by atoms with Gasteiger partial charge in [0, 0.05) is 18.4 Å². The van der Waals surface area contributed by atoms with Gasteiger partial charge in [0.05, 0.1) is 6.20 Å². The smallest absolute Gasteiger partial charge is 0.152 e. The van der Waals surface area contributed by atoms with Crippen molar-refractivity contribution in [2.75, 3.05) is 11.9 Å². The Morgan fingerprint density at radius 1 is 1.41 bits per heavy atom. The van der Waals surface area contributed by atoms with Crippen molar-refractivity contribution in [3.63, 3.8) is 0 Å². The lowest BCUT2D eigenvalue weighted by atomic mass is 10.0. The van der Waals surface area contributed by atoms with Gasteiger partial charge < -0.3 is 11.1 Å². The standard InChI is InChI=1S/C12H19N5/c1-9(2)10(3-5-13)16-12-11-4-6-15-17(11)8-7-14-12/h4,6-10H,3,5,13H2,1-2H3,(H,14,16). The van der Waals surface area contributed by atoms with Crippen LogP contribution in [0.25, 0.3) is 5.52 Å². The Morgan fingerprint density at radius 2 is 2.24 bits per heavy atom. The van der Waals surface area contributed by atoms with Crippen LogP contribution < -0.4 is 11.1 Å². The number of fused-ring (bicyclic) bond motifs is 1. The quantitative estimate of drug-likeness (QED) is 0.821. The number of rotatable bonds is 5. The number of aromatic nitrogens is 3. The number of nitrogens with one attached hydrogen (secondary N) is 1. The molecule has 1 unspecified atom stereocenters. The van der Waals surface area contributed by atoms with Crippen LogP contribution in [0.2, 0.25) is 0 Å². The number of nitrogens with zero attached hydrogens (tertiary/aromatic N) is 3. The molecule has 17 heavy (non-hydrogen) atoms. The molecular formula is C12H19N5. The van der Waals surface area contributed by atoms with Gasteiger partial charge in [0.25, 0.3) is 0 Å². The lowest BCUT2D eigenvalue weighted by molar-refractivity contribution is 0.497. The highest BCUT2D eigenvalue weighted by atomic mass is 15.2. The molecule has 92 valence electrons. The summed E-state index contributed by atoms with van der Waals surface area (Å²) >= 11 is 0. The zero-order chi connectivity index (χ0) is 12.3. The van der Waals surface area contributed by atoms with E-state index in [-0.39, 0.29) is 0 Å². The van der Waals surface area contributed by atoms with Gasteiger partial charge in [0.15, 0.2) is 5.82 Å². The molecule has 0 fully saturated rings. The van der Waals surface area contributed by atoms with Crippen LogP contribution in [0, 0.1) is 5.92 Å². The number of hydrogen-bond acceptors (Lipinski definition) is 4. The van der Waals surface area contributed by atoms with E-state index in [2.05, 4.69) is 29.2 Å². The van der Waals surface area contributed by atoms with E-state index < -0.39 is 0 Å². The minimum atomic E-state index is 0.341. The van der Waals surface area contributed by atoms with E-state index in [0.29, 0.717) is 18.5 Å².